The van der Waals surface area contributed by atoms with Crippen LogP contribution in [0.2, 0.25) is 0 Å². The van der Waals surface area contributed by atoms with E-state index in [0.717, 1.165) is 5.56 Å². The standard InChI is InChI=1S/C19H30N4O4.NO3/c1-13(10-11-22-17(20)21)15(16(24)27-19(2,3)4)23-18(25)26-12-14-8-6-5-7-9-14;2-1(3)4/h5-9,13,15H,10-12H2,1-4H3,(H,23,25)(H4,20,21,22);/q;-1/p+1/t13-,15+;/m1./s1. The van der Waals surface area contributed by atoms with Gasteiger partial charge in [-0.05, 0) is 38.7 Å². The van der Waals surface area contributed by atoms with Gasteiger partial charge in [-0.1, -0.05) is 37.3 Å². The van der Waals surface area contributed by atoms with Crippen molar-refractivity contribution in [2.24, 2.45) is 17.4 Å². The molecule has 0 radical (unpaired) electrons. The van der Waals surface area contributed by atoms with Crippen molar-refractivity contribution in [1.82, 2.24) is 5.32 Å². The molecule has 0 aliphatic carbocycles. The summed E-state index contributed by atoms with van der Waals surface area (Å²) in [5.74, 6) is -0.640. The molecule has 2 atom stereocenters. The minimum Gasteiger partial charge on any atom is -0.458 e. The molecule has 0 aliphatic heterocycles. The lowest BCUT2D eigenvalue weighted by molar-refractivity contribution is -0.461. The summed E-state index contributed by atoms with van der Waals surface area (Å²) >= 11 is 0. The molecule has 1 amide bonds. The van der Waals surface area contributed by atoms with E-state index in [4.69, 9.17) is 36.3 Å². The van der Waals surface area contributed by atoms with Crippen molar-refractivity contribution < 1.29 is 29.1 Å². The molecular formula is C19H31N5O7. The molecule has 0 saturated heterocycles. The largest absolute Gasteiger partial charge is 0.458 e. The molecule has 6 N–H and O–H groups in total. The average molecular weight is 441 g/mol. The van der Waals surface area contributed by atoms with E-state index in [1.165, 1.54) is 0 Å². The number of esters is 1. The third-order valence-corrected chi connectivity index (χ3v) is 3.64. The number of alkyl carbamates (subject to hydrolysis) is 1. The molecule has 0 fully saturated rings. The second kappa shape index (κ2) is 13.6. The summed E-state index contributed by atoms with van der Waals surface area (Å²) in [5.41, 5.74) is 10.9. The predicted octanol–water partition coefficient (Wildman–Crippen LogP) is -0.236. The number of rotatable bonds is 8. The first-order valence-corrected chi connectivity index (χ1v) is 9.45. The van der Waals surface area contributed by atoms with Crippen LogP contribution in [0.4, 0.5) is 4.79 Å². The Bertz CT molecular complexity index is 727. The molecule has 0 unspecified atom stereocenters. The summed E-state index contributed by atoms with van der Waals surface area (Å²) in [7, 11) is 0. The van der Waals surface area contributed by atoms with E-state index < -0.39 is 28.8 Å². The van der Waals surface area contributed by atoms with Gasteiger partial charge >= 0.3 is 18.0 Å². The van der Waals surface area contributed by atoms with Gasteiger partial charge < -0.3 is 30.1 Å². The number of nitrogens with zero attached hydrogens (tertiary/aromatic N) is 1. The van der Waals surface area contributed by atoms with Crippen LogP contribution in [-0.4, -0.2) is 41.3 Å². The Hall–Kier alpha value is -3.57. The van der Waals surface area contributed by atoms with Gasteiger partial charge in [0, 0.05) is 0 Å². The zero-order valence-corrected chi connectivity index (χ0v) is 18.1. The molecule has 12 heteroatoms. The summed E-state index contributed by atoms with van der Waals surface area (Å²) in [5, 5.41) is 17.4. The van der Waals surface area contributed by atoms with Crippen molar-refractivity contribution >= 4 is 18.0 Å². The molecular weight excluding hydrogens is 410 g/mol. The van der Waals surface area contributed by atoms with E-state index in [1.807, 2.05) is 37.3 Å². The normalized spacial score (nSPS) is 12.3. The van der Waals surface area contributed by atoms with Gasteiger partial charge in [-0.15, -0.1) is 0 Å². The molecule has 174 valence electrons. The SMILES string of the molecule is C[C@H](CC[NH+]=C(N)N)[C@H](NC(=O)OCc1ccccc1)C(=O)OC(C)(C)C.O=[N+]([O-])[O-]. The van der Waals surface area contributed by atoms with Gasteiger partial charge in [0.2, 0.25) is 0 Å². The fraction of sp³-hybridized carbons (Fsp3) is 0.526. The van der Waals surface area contributed by atoms with Crippen molar-refractivity contribution in [3.63, 3.8) is 0 Å². The highest BCUT2D eigenvalue weighted by atomic mass is 16.9. The first kappa shape index (κ1) is 27.4. The number of benzene rings is 1. The van der Waals surface area contributed by atoms with E-state index in [2.05, 4.69) is 10.3 Å². The molecule has 1 aromatic rings. The van der Waals surface area contributed by atoms with Crippen LogP contribution in [0.5, 0.6) is 0 Å². The van der Waals surface area contributed by atoms with Crippen LogP contribution in [0.1, 0.15) is 39.7 Å². The quantitative estimate of drug-likeness (QED) is 0.138. The monoisotopic (exact) mass is 441 g/mol. The summed E-state index contributed by atoms with van der Waals surface area (Å²) in [6, 6.07) is 8.43. The number of guanidine groups is 1. The number of hydrogen-bond donors (Lipinski definition) is 4. The number of amides is 1. The molecule has 12 nitrogen and oxygen atoms in total. The fourth-order valence-electron chi connectivity index (χ4n) is 2.30. The van der Waals surface area contributed by atoms with Gasteiger partial charge in [-0.25, -0.2) is 9.59 Å². The second-order valence-electron chi connectivity index (χ2n) is 7.59. The lowest BCUT2D eigenvalue weighted by Crippen LogP contribution is -2.78. The second-order valence-corrected chi connectivity index (χ2v) is 7.59. The van der Waals surface area contributed by atoms with Crippen LogP contribution >= 0.6 is 0 Å². The lowest BCUT2D eigenvalue weighted by Gasteiger charge is -2.27. The van der Waals surface area contributed by atoms with Gasteiger partial charge in [0.05, 0.1) is 11.6 Å². The average Bonchev–Trinajstić information content (AvgIpc) is 2.63. The molecule has 0 aromatic heterocycles. The van der Waals surface area contributed by atoms with E-state index in [0.29, 0.717) is 13.0 Å². The minimum absolute atomic E-state index is 0.103. The summed E-state index contributed by atoms with van der Waals surface area (Å²) in [4.78, 5) is 35.8. The number of carbonyl (C=O) groups excluding carboxylic acids is 2. The van der Waals surface area contributed by atoms with Crippen LogP contribution in [0, 0.1) is 21.2 Å². The van der Waals surface area contributed by atoms with E-state index in [1.54, 1.807) is 20.8 Å². The number of carbonyl (C=O) groups is 2. The van der Waals surface area contributed by atoms with Crippen molar-refractivity contribution in [3.05, 3.63) is 51.2 Å². The van der Waals surface area contributed by atoms with Crippen LogP contribution in [-0.2, 0) is 20.9 Å². The molecule has 0 heterocycles. The molecule has 1 aromatic carbocycles. The predicted molar refractivity (Wildman–Crippen MR) is 113 cm³/mol. The van der Waals surface area contributed by atoms with Crippen LogP contribution in [0.3, 0.4) is 0 Å². The van der Waals surface area contributed by atoms with Gasteiger partial charge in [0.15, 0.2) is 0 Å². The van der Waals surface area contributed by atoms with Crippen molar-refractivity contribution in [3.8, 4) is 0 Å². The molecule has 0 bridgehead atoms. The van der Waals surface area contributed by atoms with Crippen LogP contribution in [0.25, 0.3) is 0 Å². The Morgan fingerprint density at radius 1 is 1.19 bits per heavy atom. The fourth-order valence-corrected chi connectivity index (χ4v) is 2.30. The van der Waals surface area contributed by atoms with Crippen molar-refractivity contribution in [1.29, 1.82) is 0 Å². The van der Waals surface area contributed by atoms with Gasteiger partial charge in [0.25, 0.3) is 0 Å². The highest BCUT2D eigenvalue weighted by Crippen LogP contribution is 2.15. The summed E-state index contributed by atoms with van der Waals surface area (Å²) in [6.45, 7) is 7.72. The van der Waals surface area contributed by atoms with Crippen molar-refractivity contribution in [2.45, 2.75) is 52.4 Å². The summed E-state index contributed by atoms with van der Waals surface area (Å²) in [6.07, 6.45) is -0.139. The van der Waals surface area contributed by atoms with Gasteiger partial charge in [-0.3, -0.25) is 16.5 Å². The van der Waals surface area contributed by atoms with Crippen molar-refractivity contribution in [2.75, 3.05) is 6.54 Å². The summed E-state index contributed by atoms with van der Waals surface area (Å²) < 4.78 is 10.6. The molecule has 0 spiro atoms. The Morgan fingerprint density at radius 2 is 1.74 bits per heavy atom. The first-order chi connectivity index (χ1) is 14.3. The number of nitrogens with two attached hydrogens (primary N) is 2. The molecule has 1 rings (SSSR count). The topological polar surface area (TPSA) is 197 Å². The minimum atomic E-state index is -1.75. The number of hydrogen-bond acceptors (Lipinski definition) is 7. The first-order valence-electron chi connectivity index (χ1n) is 9.45. The van der Waals surface area contributed by atoms with Gasteiger partial charge in [-0.2, -0.15) is 0 Å². The number of ether oxygens (including phenoxy) is 2. The van der Waals surface area contributed by atoms with Gasteiger partial charge in [0.1, 0.15) is 18.2 Å². The highest BCUT2D eigenvalue weighted by Gasteiger charge is 2.31. The highest BCUT2D eigenvalue weighted by molar-refractivity contribution is 5.81. The maximum Gasteiger partial charge on any atom is 0.408 e. The Morgan fingerprint density at radius 3 is 2.23 bits per heavy atom. The zero-order chi connectivity index (χ0) is 24.0. The smallest absolute Gasteiger partial charge is 0.408 e. The molecule has 0 saturated carbocycles. The maximum absolute atomic E-state index is 12.5. The molecule has 31 heavy (non-hydrogen) atoms. The van der Waals surface area contributed by atoms with E-state index in [9.17, 15) is 9.59 Å². The lowest BCUT2D eigenvalue weighted by atomic mass is 9.98. The third kappa shape index (κ3) is 15.0. The third-order valence-electron chi connectivity index (χ3n) is 3.64. The molecule has 0 aliphatic rings. The zero-order valence-electron chi connectivity index (χ0n) is 18.1. The van der Waals surface area contributed by atoms with Crippen LogP contribution < -0.4 is 21.8 Å². The van der Waals surface area contributed by atoms with Crippen LogP contribution in [0.15, 0.2) is 30.3 Å². The van der Waals surface area contributed by atoms with E-state index in [-0.39, 0.29) is 18.5 Å². The Labute approximate surface area is 180 Å². The Balaban J connectivity index is 0.00000206. The maximum atomic E-state index is 12.5. The Kier molecular flexibility index (Phi) is 12.0. The van der Waals surface area contributed by atoms with E-state index >= 15 is 0 Å². The number of nitrogens with one attached hydrogen (secondary N) is 2.